The van der Waals surface area contributed by atoms with Gasteiger partial charge in [-0.2, -0.15) is 0 Å². The number of thiazole rings is 1. The number of aromatic nitrogens is 1. The lowest BCUT2D eigenvalue weighted by molar-refractivity contribution is -0.114. The van der Waals surface area contributed by atoms with Crippen molar-refractivity contribution in [3.63, 3.8) is 0 Å². The molecule has 0 bridgehead atoms. The third kappa shape index (κ3) is 7.44. The third-order valence-electron chi connectivity index (χ3n) is 4.81. The van der Waals surface area contributed by atoms with Gasteiger partial charge in [-0.3, -0.25) is 4.79 Å². The zero-order valence-corrected chi connectivity index (χ0v) is 20.5. The molecule has 0 atom stereocenters. The fourth-order valence-corrected chi connectivity index (χ4v) is 4.61. The molecule has 0 aliphatic carbocycles. The van der Waals surface area contributed by atoms with Crippen molar-refractivity contribution in [2.45, 2.75) is 57.8 Å². The molecule has 32 heavy (non-hydrogen) atoms. The Morgan fingerprint density at radius 1 is 1.16 bits per heavy atom. The molecule has 3 rings (SSSR count). The fraction of sp³-hybridized carbons (Fsp3) is 0.308. The second kappa shape index (κ2) is 12.3. The van der Waals surface area contributed by atoms with Gasteiger partial charge in [0, 0.05) is 40.4 Å². The second-order valence-electron chi connectivity index (χ2n) is 7.59. The summed E-state index contributed by atoms with van der Waals surface area (Å²) in [5, 5.41) is 5.29. The number of anilines is 2. The fourth-order valence-electron chi connectivity index (χ4n) is 3.11. The highest BCUT2D eigenvalue weighted by atomic mass is 32.2. The van der Waals surface area contributed by atoms with Crippen molar-refractivity contribution in [1.82, 2.24) is 4.98 Å². The lowest BCUT2D eigenvalue weighted by Gasteiger charge is -2.08. The van der Waals surface area contributed by atoms with Gasteiger partial charge < -0.3 is 10.0 Å². The standard InChI is InChI=1S/C26H29N3OS2/c1-4-5-6-7-8-9-11-21-14-15-24(16-19(21)2)32-29-23-13-10-12-22(17-23)25-18-31-26(28-25)27-20(3)30/h10,12-18,29H,4-8H2,1-3H3,(H,27,28,30). The molecule has 0 fully saturated rings. The summed E-state index contributed by atoms with van der Waals surface area (Å²) < 4.78 is 3.42. The number of unbranched alkanes of at least 4 members (excludes halogenated alkanes) is 4. The molecule has 6 heteroatoms. The number of carbonyl (C=O) groups is 1. The molecular weight excluding hydrogens is 434 g/mol. The summed E-state index contributed by atoms with van der Waals surface area (Å²) in [6.07, 6.45) is 5.98. The molecule has 0 radical (unpaired) electrons. The van der Waals surface area contributed by atoms with E-state index < -0.39 is 0 Å². The van der Waals surface area contributed by atoms with Crippen LogP contribution in [0.5, 0.6) is 0 Å². The van der Waals surface area contributed by atoms with Crippen LogP contribution in [-0.2, 0) is 4.79 Å². The molecule has 0 aliphatic heterocycles. The molecule has 1 aromatic heterocycles. The minimum Gasteiger partial charge on any atom is -0.326 e. The number of hydrogen-bond donors (Lipinski definition) is 2. The molecule has 0 saturated carbocycles. The Kier molecular flexibility index (Phi) is 9.21. The molecule has 166 valence electrons. The average Bonchev–Trinajstić information content (AvgIpc) is 3.24. The Balaban J connectivity index is 1.58. The summed E-state index contributed by atoms with van der Waals surface area (Å²) in [7, 11) is 0. The van der Waals surface area contributed by atoms with Gasteiger partial charge in [0.1, 0.15) is 0 Å². The van der Waals surface area contributed by atoms with Crippen LogP contribution >= 0.6 is 23.3 Å². The normalized spacial score (nSPS) is 10.3. The van der Waals surface area contributed by atoms with E-state index in [0.717, 1.165) is 33.8 Å². The summed E-state index contributed by atoms with van der Waals surface area (Å²) >= 11 is 3.00. The van der Waals surface area contributed by atoms with E-state index in [1.165, 1.54) is 49.5 Å². The summed E-state index contributed by atoms with van der Waals surface area (Å²) in [4.78, 5) is 16.8. The van der Waals surface area contributed by atoms with Crippen LogP contribution in [0.3, 0.4) is 0 Å². The first kappa shape index (κ1) is 23.9. The van der Waals surface area contributed by atoms with Crippen LogP contribution in [0.15, 0.2) is 52.7 Å². The van der Waals surface area contributed by atoms with Gasteiger partial charge in [-0.05, 0) is 61.2 Å². The molecule has 0 unspecified atom stereocenters. The lowest BCUT2D eigenvalue weighted by Crippen LogP contribution is -2.04. The van der Waals surface area contributed by atoms with Gasteiger partial charge in [0.15, 0.2) is 5.13 Å². The van der Waals surface area contributed by atoms with E-state index in [9.17, 15) is 4.79 Å². The highest BCUT2D eigenvalue weighted by molar-refractivity contribution is 8.00. The molecule has 1 heterocycles. The van der Waals surface area contributed by atoms with Crippen LogP contribution in [0.4, 0.5) is 10.8 Å². The predicted octanol–water partition coefficient (Wildman–Crippen LogP) is 7.52. The van der Waals surface area contributed by atoms with Gasteiger partial charge in [0.25, 0.3) is 0 Å². The number of aryl methyl sites for hydroxylation is 1. The smallest absolute Gasteiger partial charge is 0.223 e. The van der Waals surface area contributed by atoms with Crippen LogP contribution < -0.4 is 10.0 Å². The maximum atomic E-state index is 11.2. The highest BCUT2D eigenvalue weighted by Gasteiger charge is 2.07. The van der Waals surface area contributed by atoms with Crippen LogP contribution in [0.25, 0.3) is 11.3 Å². The minimum absolute atomic E-state index is 0.114. The zero-order valence-electron chi connectivity index (χ0n) is 18.8. The maximum Gasteiger partial charge on any atom is 0.223 e. The van der Waals surface area contributed by atoms with Crippen molar-refractivity contribution in [2.75, 3.05) is 10.0 Å². The molecule has 0 aliphatic rings. The minimum atomic E-state index is -0.114. The number of nitrogens with zero attached hydrogens (tertiary/aromatic N) is 1. The van der Waals surface area contributed by atoms with Crippen LogP contribution in [-0.4, -0.2) is 10.9 Å². The van der Waals surface area contributed by atoms with Crippen molar-refractivity contribution in [1.29, 1.82) is 0 Å². The van der Waals surface area contributed by atoms with E-state index in [0.29, 0.717) is 5.13 Å². The summed E-state index contributed by atoms with van der Waals surface area (Å²) in [6, 6.07) is 14.5. The quantitative estimate of drug-likeness (QED) is 0.196. The van der Waals surface area contributed by atoms with Crippen molar-refractivity contribution in [2.24, 2.45) is 0 Å². The Bertz CT molecular complexity index is 1110. The van der Waals surface area contributed by atoms with Crippen LogP contribution in [0, 0.1) is 18.8 Å². The summed E-state index contributed by atoms with van der Waals surface area (Å²) in [6.45, 7) is 5.82. The number of rotatable bonds is 9. The Morgan fingerprint density at radius 2 is 2.03 bits per heavy atom. The first-order valence-corrected chi connectivity index (χ1v) is 12.6. The number of amides is 1. The van der Waals surface area contributed by atoms with E-state index in [-0.39, 0.29) is 5.91 Å². The third-order valence-corrected chi connectivity index (χ3v) is 6.39. The van der Waals surface area contributed by atoms with Crippen LogP contribution in [0.1, 0.15) is 57.1 Å². The van der Waals surface area contributed by atoms with Gasteiger partial charge in [0.05, 0.1) is 5.69 Å². The Hall–Kier alpha value is -2.75. The summed E-state index contributed by atoms with van der Waals surface area (Å²) in [5.74, 6) is 6.52. The largest absolute Gasteiger partial charge is 0.326 e. The van der Waals surface area contributed by atoms with Crippen molar-refractivity contribution in [3.05, 3.63) is 59.0 Å². The second-order valence-corrected chi connectivity index (χ2v) is 9.33. The Labute approximate surface area is 199 Å². The molecule has 0 spiro atoms. The van der Waals surface area contributed by atoms with E-state index in [2.05, 4.69) is 65.0 Å². The molecular formula is C26H29N3OS2. The van der Waals surface area contributed by atoms with Crippen LogP contribution in [0.2, 0.25) is 0 Å². The molecule has 0 saturated heterocycles. The molecule has 4 nitrogen and oxygen atoms in total. The van der Waals surface area contributed by atoms with Gasteiger partial charge in [-0.1, -0.05) is 50.2 Å². The molecule has 2 N–H and O–H groups in total. The lowest BCUT2D eigenvalue weighted by atomic mass is 10.1. The first-order chi connectivity index (χ1) is 15.5. The van der Waals surface area contributed by atoms with Gasteiger partial charge in [-0.25, -0.2) is 4.98 Å². The molecule has 3 aromatic rings. The van der Waals surface area contributed by atoms with Gasteiger partial charge >= 0.3 is 0 Å². The van der Waals surface area contributed by atoms with E-state index in [1.807, 2.05) is 23.6 Å². The number of carbonyl (C=O) groups excluding carboxylic acids is 1. The summed E-state index contributed by atoms with van der Waals surface area (Å²) in [5.41, 5.74) is 5.14. The molecule has 1 amide bonds. The zero-order chi connectivity index (χ0) is 22.8. The SMILES string of the molecule is CCCCCCC#Cc1ccc(SNc2cccc(-c3csc(NC(C)=O)n3)c2)cc1C. The van der Waals surface area contributed by atoms with E-state index >= 15 is 0 Å². The topological polar surface area (TPSA) is 54.0 Å². The van der Waals surface area contributed by atoms with Gasteiger partial charge in [-0.15, -0.1) is 11.3 Å². The van der Waals surface area contributed by atoms with Crippen molar-refractivity contribution < 1.29 is 4.79 Å². The number of nitrogens with one attached hydrogen (secondary N) is 2. The molecule has 2 aromatic carbocycles. The maximum absolute atomic E-state index is 11.2. The average molecular weight is 464 g/mol. The predicted molar refractivity (Wildman–Crippen MR) is 138 cm³/mol. The number of hydrogen-bond acceptors (Lipinski definition) is 5. The van der Waals surface area contributed by atoms with Crippen molar-refractivity contribution >= 4 is 40.0 Å². The monoisotopic (exact) mass is 463 g/mol. The van der Waals surface area contributed by atoms with E-state index in [4.69, 9.17) is 0 Å². The van der Waals surface area contributed by atoms with Gasteiger partial charge in [0.2, 0.25) is 5.91 Å². The highest BCUT2D eigenvalue weighted by Crippen LogP contribution is 2.29. The van der Waals surface area contributed by atoms with Crippen molar-refractivity contribution in [3.8, 4) is 23.1 Å². The van der Waals surface area contributed by atoms with E-state index in [1.54, 1.807) is 11.9 Å². The first-order valence-electron chi connectivity index (χ1n) is 10.9. The Morgan fingerprint density at radius 3 is 2.81 bits per heavy atom. The number of benzene rings is 2.